The van der Waals surface area contributed by atoms with Gasteiger partial charge in [-0.3, -0.25) is 0 Å². The van der Waals surface area contributed by atoms with E-state index >= 15 is 0 Å². The molecule has 0 bridgehead atoms. The first-order valence-corrected chi connectivity index (χ1v) is 3.12. The molecule has 0 aromatic heterocycles. The van der Waals surface area contributed by atoms with E-state index in [1.165, 1.54) is 0 Å². The Balaban J connectivity index is 0.000000424. The summed E-state index contributed by atoms with van der Waals surface area (Å²) in [4.78, 5) is 0. The molecule has 13 heavy (non-hydrogen) atoms. The van der Waals surface area contributed by atoms with Crippen LogP contribution < -0.4 is 0 Å². The van der Waals surface area contributed by atoms with E-state index in [0.717, 1.165) is 0 Å². The van der Waals surface area contributed by atoms with Gasteiger partial charge in [-0.25, -0.2) is 0 Å². The second kappa shape index (κ2) is 3.43. The Morgan fingerprint density at radius 1 is 1.15 bits per heavy atom. The molecule has 0 atom stereocenters. The van der Waals surface area contributed by atoms with Gasteiger partial charge in [0.2, 0.25) is 0 Å². The molecule has 0 aliphatic heterocycles. The summed E-state index contributed by atoms with van der Waals surface area (Å²) in [6, 6.07) is 0. The number of alkyl halides is 4. The molecule has 0 nitrogen and oxygen atoms in total. The van der Waals surface area contributed by atoms with Gasteiger partial charge in [-0.2, -0.15) is 26.3 Å². The van der Waals surface area contributed by atoms with Crippen molar-refractivity contribution in [1.29, 1.82) is 0 Å². The van der Waals surface area contributed by atoms with Crippen molar-refractivity contribution in [1.82, 2.24) is 0 Å². The Bertz CT molecular complexity index is 219. The van der Waals surface area contributed by atoms with Gasteiger partial charge in [-0.05, 0) is 6.92 Å². The van der Waals surface area contributed by atoms with Gasteiger partial charge in [0.05, 0.1) is 0 Å². The number of hydrogen-bond donors (Lipinski definition) is 0. The summed E-state index contributed by atoms with van der Waals surface area (Å²) < 4.78 is 68.4. The smallest absolute Gasteiger partial charge is 0.194 e. The van der Waals surface area contributed by atoms with Crippen molar-refractivity contribution >= 4 is 0 Å². The third-order valence-corrected chi connectivity index (χ3v) is 1.15. The molecule has 1 rings (SSSR count). The van der Waals surface area contributed by atoms with Crippen LogP contribution in [0.1, 0.15) is 6.92 Å². The second-order valence-electron chi connectivity index (χ2n) is 2.19. The number of allylic oxidation sites excluding steroid dienone is 2. The topological polar surface area (TPSA) is 0 Å². The summed E-state index contributed by atoms with van der Waals surface area (Å²) in [5.74, 6) is -9.24. The lowest BCUT2D eigenvalue weighted by Gasteiger charge is -1.86. The van der Waals surface area contributed by atoms with E-state index in [1.54, 1.807) is 6.08 Å². The Kier molecular flexibility index (Phi) is 3.18. The fourth-order valence-corrected chi connectivity index (χ4v) is 0.529. The van der Waals surface area contributed by atoms with Crippen molar-refractivity contribution in [3.05, 3.63) is 24.3 Å². The molecular weight excluding hydrogens is 198 g/mol. The molecule has 1 fully saturated rings. The molecule has 0 unspecified atom stereocenters. The maximum atomic E-state index is 11.5. The average Bonchev–Trinajstić information content (AvgIpc) is 2.24. The summed E-state index contributed by atoms with van der Waals surface area (Å²) in [6.07, 6.45) is -1.24. The third-order valence-electron chi connectivity index (χ3n) is 1.15. The lowest BCUT2D eigenvalue weighted by molar-refractivity contribution is -0.0278. The van der Waals surface area contributed by atoms with Crippen LogP contribution in [0, 0.1) is 0 Å². The van der Waals surface area contributed by atoms with Crippen LogP contribution in [-0.4, -0.2) is 11.8 Å². The molecule has 76 valence electrons. The average molecular weight is 204 g/mol. The zero-order valence-electron chi connectivity index (χ0n) is 6.55. The van der Waals surface area contributed by atoms with Crippen molar-refractivity contribution in [2.75, 3.05) is 0 Å². The molecule has 0 N–H and O–H groups in total. The van der Waals surface area contributed by atoms with E-state index < -0.39 is 23.5 Å². The Morgan fingerprint density at radius 2 is 1.38 bits per heavy atom. The maximum Gasteiger partial charge on any atom is 0.347 e. The van der Waals surface area contributed by atoms with Crippen LogP contribution in [0.2, 0.25) is 0 Å². The maximum absolute atomic E-state index is 11.5. The number of rotatable bonds is 0. The molecule has 0 radical (unpaired) electrons. The fraction of sp³-hybridized carbons (Fsp3) is 0.429. The van der Waals surface area contributed by atoms with Crippen LogP contribution in [-0.2, 0) is 0 Å². The highest BCUT2D eigenvalue weighted by atomic mass is 19.3. The second-order valence-corrected chi connectivity index (χ2v) is 2.19. The van der Waals surface area contributed by atoms with Crippen molar-refractivity contribution < 1.29 is 26.3 Å². The van der Waals surface area contributed by atoms with Crippen molar-refractivity contribution in [2.45, 2.75) is 18.8 Å². The molecule has 0 aromatic carbocycles. The summed E-state index contributed by atoms with van der Waals surface area (Å²) >= 11 is 0. The monoisotopic (exact) mass is 204 g/mol. The summed E-state index contributed by atoms with van der Waals surface area (Å²) in [6.45, 7) is 5.25. The third kappa shape index (κ3) is 1.87. The number of halogens is 6. The molecule has 0 heterocycles. The number of hydrogen-bond acceptors (Lipinski definition) is 0. The van der Waals surface area contributed by atoms with E-state index in [1.807, 2.05) is 6.92 Å². The van der Waals surface area contributed by atoms with Gasteiger partial charge < -0.3 is 0 Å². The largest absolute Gasteiger partial charge is 0.347 e. The predicted molar refractivity (Wildman–Crippen MR) is 35.0 cm³/mol. The molecule has 0 saturated heterocycles. The highest BCUT2D eigenvalue weighted by Crippen LogP contribution is 2.63. The van der Waals surface area contributed by atoms with Crippen LogP contribution >= 0.6 is 0 Å². The van der Waals surface area contributed by atoms with Crippen molar-refractivity contribution in [3.63, 3.8) is 0 Å². The van der Waals surface area contributed by atoms with Crippen LogP contribution in [0.25, 0.3) is 0 Å². The lowest BCUT2D eigenvalue weighted by Crippen LogP contribution is -2.02. The predicted octanol–water partition coefficient (Wildman–Crippen LogP) is 3.61. The molecular formula is C7H6F6. The fourth-order valence-electron chi connectivity index (χ4n) is 0.529. The minimum atomic E-state index is -4.62. The molecule has 0 amide bonds. The van der Waals surface area contributed by atoms with Gasteiger partial charge in [0.1, 0.15) is 5.57 Å². The lowest BCUT2D eigenvalue weighted by atomic mass is 10.6. The zero-order chi connectivity index (χ0) is 10.9. The highest BCUT2D eigenvalue weighted by molar-refractivity contribution is 5.45. The summed E-state index contributed by atoms with van der Waals surface area (Å²) in [5, 5.41) is 0. The minimum Gasteiger partial charge on any atom is -0.194 e. The Morgan fingerprint density at radius 3 is 1.38 bits per heavy atom. The molecule has 0 aromatic rings. The molecule has 1 aliphatic rings. The van der Waals surface area contributed by atoms with Crippen molar-refractivity contribution in [3.8, 4) is 0 Å². The molecule has 1 saturated carbocycles. The van der Waals surface area contributed by atoms with Gasteiger partial charge in [-0.1, -0.05) is 6.08 Å². The normalized spacial score (nSPS) is 21.3. The van der Waals surface area contributed by atoms with Crippen LogP contribution in [0.4, 0.5) is 26.3 Å². The molecule has 0 spiro atoms. The SMILES string of the molecule is C=CC.FC(F)=C1C(F)(F)C1(F)F. The Labute approximate surface area is 70.5 Å². The summed E-state index contributed by atoms with van der Waals surface area (Å²) in [5.41, 5.74) is -2.35. The van der Waals surface area contributed by atoms with E-state index in [2.05, 4.69) is 6.58 Å². The van der Waals surface area contributed by atoms with E-state index in [0.29, 0.717) is 0 Å². The first kappa shape index (κ1) is 12.1. The Hall–Kier alpha value is -0.940. The van der Waals surface area contributed by atoms with Crippen LogP contribution in [0.3, 0.4) is 0 Å². The van der Waals surface area contributed by atoms with Crippen LogP contribution in [0.15, 0.2) is 24.3 Å². The molecule has 1 aliphatic carbocycles. The van der Waals surface area contributed by atoms with Gasteiger partial charge in [0, 0.05) is 0 Å². The molecule has 6 heteroatoms. The minimum absolute atomic E-state index is 1.75. The first-order valence-electron chi connectivity index (χ1n) is 3.12. The van der Waals surface area contributed by atoms with Gasteiger partial charge in [-0.15, -0.1) is 6.58 Å². The van der Waals surface area contributed by atoms with Gasteiger partial charge in [0.15, 0.2) is 0 Å². The van der Waals surface area contributed by atoms with E-state index in [9.17, 15) is 26.3 Å². The standard InChI is InChI=1S/C4F6.C3H6/c5-2(6)1-3(7,8)4(1,9)10;1-3-2/h;3H,1H2,2H3. The van der Waals surface area contributed by atoms with Crippen molar-refractivity contribution in [2.24, 2.45) is 0 Å². The first-order chi connectivity index (χ1) is 5.73. The van der Waals surface area contributed by atoms with E-state index in [-0.39, 0.29) is 0 Å². The van der Waals surface area contributed by atoms with Gasteiger partial charge in [0.25, 0.3) is 6.08 Å². The summed E-state index contributed by atoms with van der Waals surface area (Å²) in [7, 11) is 0. The zero-order valence-corrected chi connectivity index (χ0v) is 6.55. The highest BCUT2D eigenvalue weighted by Gasteiger charge is 2.84. The van der Waals surface area contributed by atoms with E-state index in [4.69, 9.17) is 0 Å². The van der Waals surface area contributed by atoms with Gasteiger partial charge >= 0.3 is 11.8 Å². The quantitative estimate of drug-likeness (QED) is 0.417. The van der Waals surface area contributed by atoms with Crippen LogP contribution in [0.5, 0.6) is 0 Å².